The minimum absolute atomic E-state index is 0.287. The van der Waals surface area contributed by atoms with Crippen molar-refractivity contribution in [1.82, 2.24) is 15.1 Å². The third kappa shape index (κ3) is 2.10. The van der Waals surface area contributed by atoms with Gasteiger partial charge in [-0.3, -0.25) is 5.10 Å². The van der Waals surface area contributed by atoms with Crippen LogP contribution in [-0.4, -0.2) is 40.8 Å². The fraction of sp³-hybridized carbons (Fsp3) is 0.364. The van der Waals surface area contributed by atoms with Crippen LogP contribution in [0.5, 0.6) is 5.75 Å². The Balaban J connectivity index is 2.31. The summed E-state index contributed by atoms with van der Waals surface area (Å²) in [5, 5.41) is 17.6. The van der Waals surface area contributed by atoms with E-state index in [1.165, 1.54) is 0 Å². The molecule has 4 heteroatoms. The Hall–Kier alpha value is -1.55. The van der Waals surface area contributed by atoms with Crippen LogP contribution in [0.1, 0.15) is 5.69 Å². The Morgan fingerprint density at radius 3 is 2.93 bits per heavy atom. The molecule has 15 heavy (non-hydrogen) atoms. The summed E-state index contributed by atoms with van der Waals surface area (Å²) in [6.07, 6.45) is 0.910. The van der Waals surface area contributed by atoms with Gasteiger partial charge < -0.3 is 10.0 Å². The molecule has 2 aromatic rings. The average molecular weight is 205 g/mol. The van der Waals surface area contributed by atoms with Crippen LogP contribution in [0.2, 0.25) is 0 Å². The first-order chi connectivity index (χ1) is 7.16. The van der Waals surface area contributed by atoms with E-state index >= 15 is 0 Å². The van der Waals surface area contributed by atoms with Gasteiger partial charge in [-0.2, -0.15) is 5.10 Å². The maximum Gasteiger partial charge on any atom is 0.116 e. The molecule has 0 fully saturated rings. The lowest BCUT2D eigenvalue weighted by Crippen LogP contribution is -2.15. The Morgan fingerprint density at radius 1 is 1.40 bits per heavy atom. The molecule has 0 unspecified atom stereocenters. The molecule has 0 aliphatic heterocycles. The number of aromatic hydroxyl groups is 1. The van der Waals surface area contributed by atoms with Gasteiger partial charge in [0, 0.05) is 24.0 Å². The third-order valence-corrected chi connectivity index (χ3v) is 2.43. The number of H-pyrrole nitrogens is 1. The van der Waals surface area contributed by atoms with E-state index in [0.29, 0.717) is 0 Å². The molecule has 1 aromatic carbocycles. The van der Waals surface area contributed by atoms with Crippen LogP contribution in [0.4, 0.5) is 0 Å². The summed E-state index contributed by atoms with van der Waals surface area (Å²) in [5.74, 6) is 0.287. The summed E-state index contributed by atoms with van der Waals surface area (Å²) in [6, 6.07) is 5.23. The zero-order valence-corrected chi connectivity index (χ0v) is 8.99. The summed E-state index contributed by atoms with van der Waals surface area (Å²) in [4.78, 5) is 2.12. The smallest absolute Gasteiger partial charge is 0.116 e. The number of benzene rings is 1. The Kier molecular flexibility index (Phi) is 2.60. The summed E-state index contributed by atoms with van der Waals surface area (Å²) >= 11 is 0. The molecule has 80 valence electrons. The number of nitrogens with one attached hydrogen (secondary N) is 1. The first kappa shape index (κ1) is 9.98. The summed E-state index contributed by atoms with van der Waals surface area (Å²) in [5.41, 5.74) is 1.98. The fourth-order valence-electron chi connectivity index (χ4n) is 1.58. The van der Waals surface area contributed by atoms with E-state index in [0.717, 1.165) is 29.6 Å². The van der Waals surface area contributed by atoms with Crippen molar-refractivity contribution >= 4 is 10.9 Å². The number of fused-ring (bicyclic) bond motifs is 1. The summed E-state index contributed by atoms with van der Waals surface area (Å²) in [7, 11) is 4.08. The zero-order chi connectivity index (χ0) is 10.8. The maximum absolute atomic E-state index is 9.40. The van der Waals surface area contributed by atoms with Crippen molar-refractivity contribution in [3.05, 3.63) is 23.9 Å². The predicted molar refractivity (Wildman–Crippen MR) is 60.0 cm³/mol. The standard InChI is InChI=1S/C11H15N3O/c1-14(2)6-5-11-9-7-8(15)3-4-10(9)12-13-11/h3-4,7,15H,5-6H2,1-2H3,(H,12,13). The van der Waals surface area contributed by atoms with Crippen molar-refractivity contribution in [2.45, 2.75) is 6.42 Å². The van der Waals surface area contributed by atoms with Crippen molar-refractivity contribution in [2.24, 2.45) is 0 Å². The van der Waals surface area contributed by atoms with Crippen LogP contribution in [-0.2, 0) is 6.42 Å². The topological polar surface area (TPSA) is 52.2 Å². The predicted octanol–water partition coefficient (Wildman–Crippen LogP) is 1.37. The molecule has 1 heterocycles. The first-order valence-corrected chi connectivity index (χ1v) is 4.97. The monoisotopic (exact) mass is 205 g/mol. The quantitative estimate of drug-likeness (QED) is 0.795. The lowest BCUT2D eigenvalue weighted by Gasteiger charge is -2.07. The Bertz CT molecular complexity index is 462. The molecule has 0 saturated carbocycles. The number of hydrogen-bond acceptors (Lipinski definition) is 3. The molecule has 1 aromatic heterocycles. The fourth-order valence-corrected chi connectivity index (χ4v) is 1.58. The minimum atomic E-state index is 0.287. The van der Waals surface area contributed by atoms with Crippen molar-refractivity contribution in [1.29, 1.82) is 0 Å². The van der Waals surface area contributed by atoms with E-state index in [2.05, 4.69) is 15.1 Å². The maximum atomic E-state index is 9.40. The van der Waals surface area contributed by atoms with E-state index in [-0.39, 0.29) is 5.75 Å². The van der Waals surface area contributed by atoms with Gasteiger partial charge in [-0.25, -0.2) is 0 Å². The van der Waals surface area contributed by atoms with Gasteiger partial charge in [0.15, 0.2) is 0 Å². The van der Waals surface area contributed by atoms with Crippen molar-refractivity contribution in [3.63, 3.8) is 0 Å². The molecule has 0 radical (unpaired) electrons. The van der Waals surface area contributed by atoms with Gasteiger partial charge in [0.05, 0.1) is 5.52 Å². The number of hydrogen-bond donors (Lipinski definition) is 2. The van der Waals surface area contributed by atoms with E-state index in [9.17, 15) is 5.11 Å². The van der Waals surface area contributed by atoms with Crippen molar-refractivity contribution in [3.8, 4) is 5.75 Å². The van der Waals surface area contributed by atoms with Gasteiger partial charge in [-0.05, 0) is 32.3 Å². The number of likely N-dealkylation sites (N-methyl/N-ethyl adjacent to an activating group) is 1. The van der Waals surface area contributed by atoms with Crippen LogP contribution in [0, 0.1) is 0 Å². The Labute approximate surface area is 88.5 Å². The lowest BCUT2D eigenvalue weighted by molar-refractivity contribution is 0.412. The van der Waals surface area contributed by atoms with Gasteiger partial charge in [0.25, 0.3) is 0 Å². The van der Waals surface area contributed by atoms with Crippen LogP contribution >= 0.6 is 0 Å². The molecule has 0 spiro atoms. The van der Waals surface area contributed by atoms with Crippen LogP contribution in [0.15, 0.2) is 18.2 Å². The van der Waals surface area contributed by atoms with E-state index < -0.39 is 0 Å². The third-order valence-electron chi connectivity index (χ3n) is 2.43. The zero-order valence-electron chi connectivity index (χ0n) is 8.99. The van der Waals surface area contributed by atoms with Gasteiger partial charge >= 0.3 is 0 Å². The molecule has 0 bridgehead atoms. The number of aromatic amines is 1. The molecule has 0 amide bonds. The second kappa shape index (κ2) is 3.90. The number of rotatable bonds is 3. The van der Waals surface area contributed by atoms with E-state index in [1.54, 1.807) is 12.1 Å². The van der Waals surface area contributed by atoms with Crippen LogP contribution < -0.4 is 0 Å². The molecular formula is C11H15N3O. The molecule has 0 aliphatic carbocycles. The van der Waals surface area contributed by atoms with Gasteiger partial charge in [0.1, 0.15) is 5.75 Å². The van der Waals surface area contributed by atoms with Gasteiger partial charge in [-0.1, -0.05) is 0 Å². The number of phenolic OH excluding ortho intramolecular Hbond substituents is 1. The second-order valence-corrected chi connectivity index (χ2v) is 3.96. The molecule has 0 atom stereocenters. The molecular weight excluding hydrogens is 190 g/mol. The van der Waals surface area contributed by atoms with Gasteiger partial charge in [-0.15, -0.1) is 0 Å². The van der Waals surface area contributed by atoms with Gasteiger partial charge in [0.2, 0.25) is 0 Å². The average Bonchev–Trinajstić information content (AvgIpc) is 2.57. The van der Waals surface area contributed by atoms with E-state index in [4.69, 9.17) is 0 Å². The molecule has 0 saturated heterocycles. The normalized spacial score (nSPS) is 11.4. The highest BCUT2D eigenvalue weighted by Crippen LogP contribution is 2.21. The summed E-state index contributed by atoms with van der Waals surface area (Å²) in [6.45, 7) is 0.965. The van der Waals surface area contributed by atoms with Crippen LogP contribution in [0.3, 0.4) is 0 Å². The Morgan fingerprint density at radius 2 is 2.20 bits per heavy atom. The van der Waals surface area contributed by atoms with Crippen molar-refractivity contribution in [2.75, 3.05) is 20.6 Å². The summed E-state index contributed by atoms with van der Waals surface area (Å²) < 4.78 is 0. The van der Waals surface area contributed by atoms with Crippen molar-refractivity contribution < 1.29 is 5.11 Å². The number of aromatic nitrogens is 2. The molecule has 2 rings (SSSR count). The SMILES string of the molecule is CN(C)CCc1[nH]nc2ccc(O)cc12. The first-order valence-electron chi connectivity index (χ1n) is 4.97. The molecule has 2 N–H and O–H groups in total. The molecule has 0 aliphatic rings. The largest absolute Gasteiger partial charge is 0.508 e. The number of nitrogens with zero attached hydrogens (tertiary/aromatic N) is 2. The second-order valence-electron chi connectivity index (χ2n) is 3.96. The lowest BCUT2D eigenvalue weighted by atomic mass is 10.1. The highest BCUT2D eigenvalue weighted by atomic mass is 16.3. The minimum Gasteiger partial charge on any atom is -0.508 e. The highest BCUT2D eigenvalue weighted by molar-refractivity contribution is 5.82. The van der Waals surface area contributed by atoms with Crippen LogP contribution in [0.25, 0.3) is 10.9 Å². The van der Waals surface area contributed by atoms with E-state index in [1.807, 2.05) is 20.2 Å². The molecule has 4 nitrogen and oxygen atoms in total. The number of phenols is 1. The highest BCUT2D eigenvalue weighted by Gasteiger charge is 2.05.